The minimum Gasteiger partial charge on any atom is -0.466 e. The van der Waals surface area contributed by atoms with Crippen molar-refractivity contribution in [2.75, 3.05) is 19.8 Å². The van der Waals surface area contributed by atoms with E-state index in [1.807, 2.05) is 68.4 Å². The lowest BCUT2D eigenvalue weighted by Gasteiger charge is -2.25. The molecule has 214 valence electrons. The first-order valence-electron chi connectivity index (χ1n) is 14.6. The highest BCUT2D eigenvalue weighted by atomic mass is 16.5. The summed E-state index contributed by atoms with van der Waals surface area (Å²) < 4.78 is 10.6. The average molecular weight is 548 g/mol. The molecule has 8 nitrogen and oxygen atoms in total. The largest absolute Gasteiger partial charge is 0.466 e. The summed E-state index contributed by atoms with van der Waals surface area (Å²) >= 11 is 0. The lowest BCUT2D eigenvalue weighted by atomic mass is 9.83. The normalized spacial score (nSPS) is 17.1. The zero-order valence-electron chi connectivity index (χ0n) is 23.6. The van der Waals surface area contributed by atoms with Gasteiger partial charge in [-0.15, -0.1) is 5.10 Å². The van der Waals surface area contributed by atoms with Gasteiger partial charge in [0.05, 0.1) is 25.0 Å². The molecule has 40 heavy (non-hydrogen) atoms. The van der Waals surface area contributed by atoms with E-state index in [1.54, 1.807) is 0 Å². The van der Waals surface area contributed by atoms with Gasteiger partial charge < -0.3 is 14.8 Å². The Labute approximate surface area is 237 Å². The Morgan fingerprint density at radius 3 is 2.50 bits per heavy atom. The molecule has 0 radical (unpaired) electrons. The number of carbonyl (C=O) groups excluding carboxylic acids is 3. The van der Waals surface area contributed by atoms with Gasteiger partial charge in [-0.25, -0.2) is 5.01 Å². The number of rotatable bonds is 13. The van der Waals surface area contributed by atoms with Gasteiger partial charge in [-0.05, 0) is 61.8 Å². The minimum atomic E-state index is -0.192. The van der Waals surface area contributed by atoms with Crippen LogP contribution in [-0.4, -0.2) is 48.4 Å². The second-order valence-electron chi connectivity index (χ2n) is 10.7. The molecular formula is C32H41N3O5. The summed E-state index contributed by atoms with van der Waals surface area (Å²) in [5.41, 5.74) is 2.77. The molecule has 1 saturated carbocycles. The first-order chi connectivity index (χ1) is 19.5. The van der Waals surface area contributed by atoms with Crippen LogP contribution in [-0.2, 0) is 30.4 Å². The Morgan fingerprint density at radius 2 is 1.80 bits per heavy atom. The fourth-order valence-corrected chi connectivity index (χ4v) is 5.48. The van der Waals surface area contributed by atoms with Crippen LogP contribution in [0.5, 0.6) is 0 Å². The third-order valence-electron chi connectivity index (χ3n) is 7.73. The zero-order chi connectivity index (χ0) is 28.3. The van der Waals surface area contributed by atoms with Crippen molar-refractivity contribution >= 4 is 23.7 Å². The van der Waals surface area contributed by atoms with Gasteiger partial charge >= 0.3 is 5.97 Å². The highest BCUT2D eigenvalue weighted by Crippen LogP contribution is 2.37. The van der Waals surface area contributed by atoms with E-state index in [1.165, 1.54) is 5.01 Å². The van der Waals surface area contributed by atoms with Gasteiger partial charge in [0, 0.05) is 12.1 Å². The van der Waals surface area contributed by atoms with Crippen LogP contribution in [0, 0.1) is 11.8 Å². The highest BCUT2D eigenvalue weighted by Gasteiger charge is 2.32. The van der Waals surface area contributed by atoms with E-state index in [4.69, 9.17) is 9.47 Å². The molecule has 0 saturated heterocycles. The van der Waals surface area contributed by atoms with E-state index >= 15 is 0 Å². The number of esters is 1. The number of hydrazone groups is 1. The van der Waals surface area contributed by atoms with Gasteiger partial charge in [-0.1, -0.05) is 68.7 Å². The molecule has 0 bridgehead atoms. The van der Waals surface area contributed by atoms with E-state index in [9.17, 15) is 14.4 Å². The number of benzene rings is 2. The molecule has 2 aliphatic rings. The molecular weight excluding hydrogens is 506 g/mol. The summed E-state index contributed by atoms with van der Waals surface area (Å²) in [5, 5.41) is 9.05. The summed E-state index contributed by atoms with van der Waals surface area (Å²) in [5.74, 6) is 0.171. The van der Waals surface area contributed by atoms with Crippen molar-refractivity contribution in [2.24, 2.45) is 16.9 Å². The van der Waals surface area contributed by atoms with Crippen LogP contribution < -0.4 is 5.32 Å². The Balaban J connectivity index is 1.35. The molecule has 2 aromatic carbocycles. The molecule has 8 heteroatoms. The zero-order valence-corrected chi connectivity index (χ0v) is 23.6. The van der Waals surface area contributed by atoms with E-state index < -0.39 is 0 Å². The fourth-order valence-electron chi connectivity index (χ4n) is 5.48. The summed E-state index contributed by atoms with van der Waals surface area (Å²) in [6.07, 6.45) is 6.85. The van der Waals surface area contributed by atoms with Crippen LogP contribution in [0.25, 0.3) is 0 Å². The molecule has 2 aromatic rings. The standard InChI is InChI=1S/C32H41N3O5/c1-3-39-32(38)23(2)11-9-10-20-33-30(37)29(25-12-7-8-13-25)26-18-16-24(17-19-26)21-35-28(36)22-40-31(34-35)27-14-5-4-6-15-27/h4-6,14-19,23,25,29H,3,7-13,20-22H2,1-2H3,(H,33,37). The van der Waals surface area contributed by atoms with Crippen molar-refractivity contribution < 1.29 is 23.9 Å². The van der Waals surface area contributed by atoms with E-state index in [2.05, 4.69) is 10.4 Å². The smallest absolute Gasteiger partial charge is 0.308 e. The Hall–Kier alpha value is -3.68. The van der Waals surface area contributed by atoms with Crippen molar-refractivity contribution in [2.45, 2.75) is 71.3 Å². The number of hydrogen-bond acceptors (Lipinski definition) is 6. The molecule has 2 atom stereocenters. The quantitative estimate of drug-likeness (QED) is 0.276. The van der Waals surface area contributed by atoms with E-state index in [0.29, 0.717) is 31.5 Å². The summed E-state index contributed by atoms with van der Waals surface area (Å²) in [4.78, 5) is 37.7. The first kappa shape index (κ1) is 29.3. The molecule has 2 amide bonds. The molecule has 1 aliphatic heterocycles. The second kappa shape index (κ2) is 14.6. The third-order valence-corrected chi connectivity index (χ3v) is 7.73. The molecule has 1 heterocycles. The number of amides is 2. The summed E-state index contributed by atoms with van der Waals surface area (Å²) in [6.45, 7) is 4.99. The molecule has 1 N–H and O–H groups in total. The topological polar surface area (TPSA) is 97.3 Å². The minimum absolute atomic E-state index is 0.0442. The van der Waals surface area contributed by atoms with Crippen molar-refractivity contribution in [3.05, 3.63) is 71.3 Å². The monoisotopic (exact) mass is 547 g/mol. The average Bonchev–Trinajstić information content (AvgIpc) is 3.50. The van der Waals surface area contributed by atoms with Crippen LogP contribution in [0.15, 0.2) is 59.7 Å². The maximum absolute atomic E-state index is 13.4. The highest BCUT2D eigenvalue weighted by molar-refractivity contribution is 5.97. The van der Waals surface area contributed by atoms with Crippen LogP contribution in [0.3, 0.4) is 0 Å². The van der Waals surface area contributed by atoms with Crippen LogP contribution >= 0.6 is 0 Å². The van der Waals surface area contributed by atoms with Crippen molar-refractivity contribution in [3.8, 4) is 0 Å². The summed E-state index contributed by atoms with van der Waals surface area (Å²) in [6, 6.07) is 17.6. The van der Waals surface area contributed by atoms with Crippen LogP contribution in [0.1, 0.15) is 81.4 Å². The van der Waals surface area contributed by atoms with Crippen molar-refractivity contribution in [3.63, 3.8) is 0 Å². The molecule has 2 unspecified atom stereocenters. The molecule has 0 spiro atoms. The van der Waals surface area contributed by atoms with Crippen LogP contribution in [0.4, 0.5) is 0 Å². The van der Waals surface area contributed by atoms with Gasteiger partial charge in [-0.2, -0.15) is 0 Å². The SMILES string of the molecule is CCOC(=O)C(C)CCCCNC(=O)C(c1ccc(CN2N=C(c3ccccc3)OCC2=O)cc1)C1CCCC1. The number of nitrogens with one attached hydrogen (secondary N) is 1. The predicted molar refractivity (Wildman–Crippen MR) is 153 cm³/mol. The second-order valence-corrected chi connectivity index (χ2v) is 10.7. The Kier molecular flexibility index (Phi) is 10.7. The number of carbonyl (C=O) groups is 3. The Bertz CT molecular complexity index is 1160. The predicted octanol–water partition coefficient (Wildman–Crippen LogP) is 5.17. The first-order valence-corrected chi connectivity index (χ1v) is 14.6. The molecule has 4 rings (SSSR count). The number of unbranched alkanes of at least 4 members (excludes halogenated alkanes) is 1. The van der Waals surface area contributed by atoms with E-state index in [0.717, 1.165) is 61.6 Å². The van der Waals surface area contributed by atoms with Crippen molar-refractivity contribution in [1.82, 2.24) is 10.3 Å². The molecule has 0 aromatic heterocycles. The maximum Gasteiger partial charge on any atom is 0.308 e. The number of nitrogens with zero attached hydrogens (tertiary/aromatic N) is 2. The van der Waals surface area contributed by atoms with Gasteiger partial charge in [0.25, 0.3) is 5.91 Å². The molecule has 1 aliphatic carbocycles. The van der Waals surface area contributed by atoms with Gasteiger partial charge in [-0.3, -0.25) is 14.4 Å². The van der Waals surface area contributed by atoms with Crippen molar-refractivity contribution in [1.29, 1.82) is 0 Å². The number of hydrogen-bond donors (Lipinski definition) is 1. The van der Waals surface area contributed by atoms with Gasteiger partial charge in [0.2, 0.25) is 11.8 Å². The lowest BCUT2D eigenvalue weighted by molar-refractivity contribution is -0.147. The molecule has 1 fully saturated rings. The Morgan fingerprint density at radius 1 is 1.07 bits per heavy atom. The fraction of sp³-hybridized carbons (Fsp3) is 0.500. The van der Waals surface area contributed by atoms with Gasteiger partial charge in [0.1, 0.15) is 0 Å². The maximum atomic E-state index is 13.4. The van der Waals surface area contributed by atoms with E-state index in [-0.39, 0.29) is 36.2 Å². The van der Waals surface area contributed by atoms with Crippen LogP contribution in [0.2, 0.25) is 0 Å². The lowest BCUT2D eigenvalue weighted by Crippen LogP contribution is -2.36. The van der Waals surface area contributed by atoms with Gasteiger partial charge in [0.15, 0.2) is 6.61 Å². The third kappa shape index (κ3) is 7.93. The summed E-state index contributed by atoms with van der Waals surface area (Å²) in [7, 11) is 0. The number of ether oxygens (including phenoxy) is 2.